The van der Waals surface area contributed by atoms with Gasteiger partial charge >= 0.3 is 0 Å². The van der Waals surface area contributed by atoms with Crippen molar-refractivity contribution in [1.29, 1.82) is 0 Å². The number of halogens is 2. The SMILES string of the molecule is N[C@H](c1cc2ccccc2c2ccccc12)C(F)(F)CO. The van der Waals surface area contributed by atoms with E-state index in [0.717, 1.165) is 16.2 Å². The smallest absolute Gasteiger partial charge is 0.289 e. The summed E-state index contributed by atoms with van der Waals surface area (Å²) in [5.74, 6) is -3.36. The van der Waals surface area contributed by atoms with Crippen LogP contribution >= 0.6 is 0 Å². The highest BCUT2D eigenvalue weighted by atomic mass is 19.3. The number of alkyl halides is 2. The zero-order chi connectivity index (χ0) is 15.0. The average molecular weight is 287 g/mol. The van der Waals surface area contributed by atoms with E-state index >= 15 is 0 Å². The number of hydrogen-bond donors (Lipinski definition) is 2. The third kappa shape index (κ3) is 2.26. The fraction of sp³-hybridized carbons (Fsp3) is 0.176. The lowest BCUT2D eigenvalue weighted by Crippen LogP contribution is -2.36. The maximum Gasteiger partial charge on any atom is 0.289 e. The van der Waals surface area contributed by atoms with Gasteiger partial charge in [-0.1, -0.05) is 48.5 Å². The van der Waals surface area contributed by atoms with Crippen molar-refractivity contribution in [3.05, 3.63) is 60.2 Å². The molecule has 0 heterocycles. The van der Waals surface area contributed by atoms with Crippen LogP contribution in [0.2, 0.25) is 0 Å². The van der Waals surface area contributed by atoms with Crippen LogP contribution in [0, 0.1) is 0 Å². The van der Waals surface area contributed by atoms with Gasteiger partial charge in [0.25, 0.3) is 5.92 Å². The quantitative estimate of drug-likeness (QED) is 0.723. The van der Waals surface area contributed by atoms with Crippen molar-refractivity contribution in [2.75, 3.05) is 6.61 Å². The standard InChI is InChI=1S/C17H15F2NO/c18-17(19,10-21)16(20)15-9-11-5-1-2-6-12(11)13-7-3-4-8-14(13)15/h1-9,16,21H,10,20H2/t16-/m1/s1. The Bertz CT molecular complexity index is 801. The first-order valence-corrected chi connectivity index (χ1v) is 6.69. The molecular weight excluding hydrogens is 272 g/mol. The van der Waals surface area contributed by atoms with E-state index < -0.39 is 18.6 Å². The van der Waals surface area contributed by atoms with Crippen molar-refractivity contribution in [2.24, 2.45) is 5.73 Å². The molecule has 0 unspecified atom stereocenters. The summed E-state index contributed by atoms with van der Waals surface area (Å²) in [6.45, 7) is -1.27. The lowest BCUT2D eigenvalue weighted by molar-refractivity contribution is -0.0708. The molecule has 0 aliphatic heterocycles. The van der Waals surface area contributed by atoms with Crippen LogP contribution in [-0.4, -0.2) is 17.6 Å². The number of fused-ring (bicyclic) bond motifs is 3. The van der Waals surface area contributed by atoms with Gasteiger partial charge in [0.05, 0.1) is 6.04 Å². The van der Waals surface area contributed by atoms with Crippen LogP contribution in [-0.2, 0) is 0 Å². The van der Waals surface area contributed by atoms with Crippen LogP contribution in [0.5, 0.6) is 0 Å². The predicted octanol–water partition coefficient (Wildman–Crippen LogP) is 3.62. The molecule has 0 saturated carbocycles. The highest BCUT2D eigenvalue weighted by Crippen LogP contribution is 2.36. The van der Waals surface area contributed by atoms with E-state index in [4.69, 9.17) is 10.8 Å². The molecule has 0 fully saturated rings. The second-order valence-electron chi connectivity index (χ2n) is 5.13. The highest BCUT2D eigenvalue weighted by molar-refractivity contribution is 6.09. The fourth-order valence-corrected chi connectivity index (χ4v) is 2.67. The maximum atomic E-state index is 13.8. The zero-order valence-corrected chi connectivity index (χ0v) is 11.3. The van der Waals surface area contributed by atoms with Gasteiger partial charge in [0, 0.05) is 0 Å². The van der Waals surface area contributed by atoms with E-state index in [1.54, 1.807) is 18.2 Å². The van der Waals surface area contributed by atoms with Gasteiger partial charge < -0.3 is 10.8 Å². The Morgan fingerprint density at radius 1 is 0.952 bits per heavy atom. The first-order valence-electron chi connectivity index (χ1n) is 6.69. The molecule has 3 aromatic rings. The van der Waals surface area contributed by atoms with E-state index in [9.17, 15) is 8.78 Å². The van der Waals surface area contributed by atoms with E-state index in [2.05, 4.69) is 0 Å². The van der Waals surface area contributed by atoms with Gasteiger partial charge in [-0.05, 0) is 33.2 Å². The van der Waals surface area contributed by atoms with Crippen molar-refractivity contribution in [3.63, 3.8) is 0 Å². The van der Waals surface area contributed by atoms with Gasteiger partial charge in [-0.25, -0.2) is 8.78 Å². The van der Waals surface area contributed by atoms with Crippen molar-refractivity contribution in [2.45, 2.75) is 12.0 Å². The molecule has 3 N–H and O–H groups in total. The second-order valence-corrected chi connectivity index (χ2v) is 5.13. The molecule has 108 valence electrons. The molecule has 0 radical (unpaired) electrons. The van der Waals surface area contributed by atoms with Crippen LogP contribution in [0.15, 0.2) is 54.6 Å². The molecule has 0 aliphatic carbocycles. The van der Waals surface area contributed by atoms with Crippen LogP contribution in [0.1, 0.15) is 11.6 Å². The van der Waals surface area contributed by atoms with Crippen molar-refractivity contribution in [1.82, 2.24) is 0 Å². The highest BCUT2D eigenvalue weighted by Gasteiger charge is 2.38. The van der Waals surface area contributed by atoms with Crippen molar-refractivity contribution >= 4 is 21.5 Å². The summed E-state index contributed by atoms with van der Waals surface area (Å²) in [6.07, 6.45) is 0. The summed E-state index contributed by atoms with van der Waals surface area (Å²) < 4.78 is 27.6. The van der Waals surface area contributed by atoms with E-state index in [0.29, 0.717) is 10.9 Å². The Labute approximate surface area is 120 Å². The van der Waals surface area contributed by atoms with E-state index in [-0.39, 0.29) is 0 Å². The summed E-state index contributed by atoms with van der Waals surface area (Å²) in [5.41, 5.74) is 6.08. The van der Waals surface area contributed by atoms with Crippen molar-refractivity contribution in [3.8, 4) is 0 Å². The lowest BCUT2D eigenvalue weighted by atomic mass is 9.91. The maximum absolute atomic E-state index is 13.8. The second kappa shape index (κ2) is 5.06. The molecule has 0 amide bonds. The van der Waals surface area contributed by atoms with Gasteiger partial charge in [0.2, 0.25) is 0 Å². The summed E-state index contributed by atoms with van der Waals surface area (Å²) in [4.78, 5) is 0. The Morgan fingerprint density at radius 3 is 2.19 bits per heavy atom. The minimum atomic E-state index is -3.36. The Balaban J connectivity index is 2.35. The van der Waals surface area contributed by atoms with Gasteiger partial charge in [0.15, 0.2) is 0 Å². The van der Waals surface area contributed by atoms with Gasteiger partial charge in [-0.15, -0.1) is 0 Å². The van der Waals surface area contributed by atoms with Crippen LogP contribution < -0.4 is 5.73 Å². The van der Waals surface area contributed by atoms with Crippen LogP contribution in [0.3, 0.4) is 0 Å². The molecule has 0 bridgehead atoms. The molecule has 21 heavy (non-hydrogen) atoms. The first-order chi connectivity index (χ1) is 10.0. The Hall–Kier alpha value is -2.04. The summed E-state index contributed by atoms with van der Waals surface area (Å²) in [7, 11) is 0. The Kier molecular flexibility index (Phi) is 3.35. The largest absolute Gasteiger partial charge is 0.390 e. The molecule has 0 spiro atoms. The van der Waals surface area contributed by atoms with Crippen molar-refractivity contribution < 1.29 is 13.9 Å². The number of rotatable bonds is 3. The van der Waals surface area contributed by atoms with Gasteiger partial charge in [-0.2, -0.15) is 0 Å². The number of aliphatic hydroxyl groups is 1. The summed E-state index contributed by atoms with van der Waals surface area (Å²) in [6, 6.07) is 15.1. The van der Waals surface area contributed by atoms with E-state index in [1.807, 2.05) is 36.4 Å². The zero-order valence-electron chi connectivity index (χ0n) is 11.3. The molecule has 0 aromatic heterocycles. The van der Waals surface area contributed by atoms with Gasteiger partial charge in [-0.3, -0.25) is 0 Å². The van der Waals surface area contributed by atoms with Crippen LogP contribution in [0.4, 0.5) is 8.78 Å². The number of aliphatic hydroxyl groups excluding tert-OH is 1. The van der Waals surface area contributed by atoms with Gasteiger partial charge in [0.1, 0.15) is 6.61 Å². The minimum absolute atomic E-state index is 0.350. The lowest BCUT2D eigenvalue weighted by Gasteiger charge is -2.23. The monoisotopic (exact) mass is 287 g/mol. The fourth-order valence-electron chi connectivity index (χ4n) is 2.67. The molecule has 2 nitrogen and oxygen atoms in total. The summed E-state index contributed by atoms with van der Waals surface area (Å²) in [5, 5.41) is 12.3. The van der Waals surface area contributed by atoms with E-state index in [1.165, 1.54) is 0 Å². The normalized spacial score (nSPS) is 13.7. The molecular formula is C17H15F2NO. The summed E-state index contributed by atoms with van der Waals surface area (Å²) >= 11 is 0. The molecule has 0 saturated heterocycles. The number of hydrogen-bond acceptors (Lipinski definition) is 2. The average Bonchev–Trinajstić information content (AvgIpc) is 2.53. The topological polar surface area (TPSA) is 46.2 Å². The molecule has 3 rings (SSSR count). The first kappa shape index (κ1) is 13.9. The third-order valence-electron chi connectivity index (χ3n) is 3.80. The minimum Gasteiger partial charge on any atom is -0.390 e. The third-order valence-corrected chi connectivity index (χ3v) is 3.80. The molecule has 1 atom stereocenters. The Morgan fingerprint density at radius 2 is 1.52 bits per heavy atom. The number of nitrogens with two attached hydrogens (primary N) is 1. The molecule has 0 aliphatic rings. The predicted molar refractivity (Wildman–Crippen MR) is 80.4 cm³/mol. The molecule has 4 heteroatoms. The number of benzene rings is 3. The molecule has 3 aromatic carbocycles. The van der Waals surface area contributed by atoms with Crippen LogP contribution in [0.25, 0.3) is 21.5 Å².